The first-order valence-corrected chi connectivity index (χ1v) is 11.9. The van der Waals surface area contributed by atoms with Crippen LogP contribution >= 0.6 is 11.5 Å². The molecule has 1 saturated carbocycles. The third-order valence-corrected chi connectivity index (χ3v) is 8.36. The van der Waals surface area contributed by atoms with Gasteiger partial charge in [-0.25, -0.2) is 9.78 Å². The highest BCUT2D eigenvalue weighted by atomic mass is 32.1. The molecule has 3 heterocycles. The van der Waals surface area contributed by atoms with Gasteiger partial charge in [-0.15, -0.1) is 0 Å². The fourth-order valence-electron chi connectivity index (χ4n) is 5.84. The average Bonchev–Trinajstić information content (AvgIpc) is 3.42. The number of para-hydroxylation sites is 1. The second-order valence-electron chi connectivity index (χ2n) is 9.38. The predicted molar refractivity (Wildman–Crippen MR) is 120 cm³/mol. The van der Waals surface area contributed by atoms with Gasteiger partial charge in [0.2, 0.25) is 0 Å². The van der Waals surface area contributed by atoms with E-state index in [1.165, 1.54) is 36.3 Å². The Hall–Kier alpha value is -1.99. The minimum Gasteiger partial charge on any atom is -0.330 e. The SMILES string of the molecule is CN(C)C(=O)N1CC2(CCN(C3CCC(c4ncns4)CC3)CC2)c2ccccc21. The molecule has 6 nitrogen and oxygen atoms in total. The molecule has 1 spiro atoms. The summed E-state index contributed by atoms with van der Waals surface area (Å²) in [5.41, 5.74) is 2.60. The Morgan fingerprint density at radius 3 is 2.53 bits per heavy atom. The topological polar surface area (TPSA) is 52.6 Å². The molecule has 1 aromatic carbocycles. The van der Waals surface area contributed by atoms with Crippen molar-refractivity contribution in [1.82, 2.24) is 19.2 Å². The number of urea groups is 1. The zero-order valence-electron chi connectivity index (χ0n) is 18.0. The first-order chi connectivity index (χ1) is 14.6. The molecular weight excluding hydrogens is 394 g/mol. The van der Waals surface area contributed by atoms with Crippen molar-refractivity contribution in [3.8, 4) is 0 Å². The Balaban J connectivity index is 1.25. The first-order valence-electron chi connectivity index (χ1n) is 11.2. The van der Waals surface area contributed by atoms with Crippen molar-refractivity contribution < 1.29 is 4.79 Å². The number of carbonyl (C=O) groups is 1. The highest BCUT2D eigenvalue weighted by Crippen LogP contribution is 2.48. The summed E-state index contributed by atoms with van der Waals surface area (Å²) in [6, 6.07) is 9.35. The minimum atomic E-state index is 0.0942. The Labute approximate surface area is 183 Å². The monoisotopic (exact) mass is 425 g/mol. The summed E-state index contributed by atoms with van der Waals surface area (Å²) in [6.45, 7) is 3.08. The quantitative estimate of drug-likeness (QED) is 0.727. The van der Waals surface area contributed by atoms with Gasteiger partial charge in [-0.05, 0) is 74.8 Å². The maximum atomic E-state index is 12.8. The molecule has 30 heavy (non-hydrogen) atoms. The van der Waals surface area contributed by atoms with Crippen LogP contribution in [0.1, 0.15) is 55.0 Å². The van der Waals surface area contributed by atoms with Crippen molar-refractivity contribution in [2.24, 2.45) is 0 Å². The molecule has 1 aromatic heterocycles. The lowest BCUT2D eigenvalue weighted by Gasteiger charge is -2.44. The van der Waals surface area contributed by atoms with Crippen LogP contribution in [-0.4, -0.2) is 65.0 Å². The zero-order valence-corrected chi connectivity index (χ0v) is 18.8. The van der Waals surface area contributed by atoms with Crippen molar-refractivity contribution in [3.05, 3.63) is 41.2 Å². The van der Waals surface area contributed by atoms with E-state index >= 15 is 0 Å². The standard InChI is InChI=1S/C23H31N5OS/c1-26(2)22(29)28-15-23(19-5-3-4-6-20(19)28)11-13-27(14-12-23)18-9-7-17(8-10-18)21-24-16-25-30-21/h3-6,16-18H,7-15H2,1-2H3. The summed E-state index contributed by atoms with van der Waals surface area (Å²) >= 11 is 1.57. The van der Waals surface area contributed by atoms with Gasteiger partial charge in [-0.1, -0.05) is 18.2 Å². The number of nitrogens with zero attached hydrogens (tertiary/aromatic N) is 5. The fourth-order valence-corrected chi connectivity index (χ4v) is 6.52. The lowest BCUT2D eigenvalue weighted by molar-refractivity contribution is 0.0931. The van der Waals surface area contributed by atoms with E-state index in [9.17, 15) is 4.79 Å². The van der Waals surface area contributed by atoms with Gasteiger partial charge in [0.1, 0.15) is 11.3 Å². The van der Waals surface area contributed by atoms with Crippen LogP contribution < -0.4 is 4.90 Å². The number of amides is 2. The van der Waals surface area contributed by atoms with E-state index in [0.29, 0.717) is 12.0 Å². The van der Waals surface area contributed by atoms with Crippen molar-refractivity contribution >= 4 is 23.3 Å². The predicted octanol–water partition coefficient (Wildman–Crippen LogP) is 4.10. The molecule has 0 radical (unpaired) electrons. The number of benzene rings is 1. The number of rotatable bonds is 2. The highest BCUT2D eigenvalue weighted by molar-refractivity contribution is 7.05. The highest BCUT2D eigenvalue weighted by Gasteiger charge is 2.47. The van der Waals surface area contributed by atoms with Crippen molar-refractivity contribution in [2.75, 3.05) is 38.6 Å². The number of aromatic nitrogens is 2. The first kappa shape index (κ1) is 19.9. The Morgan fingerprint density at radius 2 is 1.87 bits per heavy atom. The van der Waals surface area contributed by atoms with E-state index in [4.69, 9.17) is 0 Å². The zero-order chi connectivity index (χ0) is 20.7. The molecule has 5 rings (SSSR count). The maximum absolute atomic E-state index is 12.8. The number of likely N-dealkylation sites (tertiary alicyclic amines) is 1. The van der Waals surface area contributed by atoms with Crippen LogP contribution in [0.25, 0.3) is 0 Å². The second-order valence-corrected chi connectivity index (χ2v) is 10.2. The molecule has 0 bridgehead atoms. The second kappa shape index (κ2) is 7.93. The van der Waals surface area contributed by atoms with E-state index < -0.39 is 0 Å². The van der Waals surface area contributed by atoms with Gasteiger partial charge in [0.05, 0.1) is 0 Å². The maximum Gasteiger partial charge on any atom is 0.323 e. The smallest absolute Gasteiger partial charge is 0.323 e. The molecule has 160 valence electrons. The van der Waals surface area contributed by atoms with Gasteiger partial charge in [0.15, 0.2) is 0 Å². The number of piperidine rings is 1. The van der Waals surface area contributed by atoms with Crippen LogP contribution in [0.2, 0.25) is 0 Å². The number of carbonyl (C=O) groups excluding carboxylic acids is 1. The summed E-state index contributed by atoms with van der Waals surface area (Å²) in [4.78, 5) is 23.7. The lowest BCUT2D eigenvalue weighted by Crippen LogP contribution is -2.50. The molecule has 2 aromatic rings. The number of hydrogen-bond donors (Lipinski definition) is 0. The van der Waals surface area contributed by atoms with Crippen molar-refractivity contribution in [1.29, 1.82) is 0 Å². The van der Waals surface area contributed by atoms with Crippen LogP contribution in [-0.2, 0) is 5.41 Å². The van der Waals surface area contributed by atoms with Gasteiger partial charge >= 0.3 is 6.03 Å². The molecule has 0 N–H and O–H groups in total. The molecule has 3 aliphatic rings. The molecule has 2 amide bonds. The molecule has 0 atom stereocenters. The summed E-state index contributed by atoms with van der Waals surface area (Å²) in [5.74, 6) is 0.609. The van der Waals surface area contributed by atoms with Crippen LogP contribution in [0.15, 0.2) is 30.6 Å². The average molecular weight is 426 g/mol. The lowest BCUT2D eigenvalue weighted by atomic mass is 9.73. The molecular formula is C23H31N5OS. The van der Waals surface area contributed by atoms with E-state index in [-0.39, 0.29) is 11.4 Å². The van der Waals surface area contributed by atoms with Crippen molar-refractivity contribution in [3.63, 3.8) is 0 Å². The third-order valence-electron chi connectivity index (χ3n) is 7.54. The largest absolute Gasteiger partial charge is 0.330 e. The van der Waals surface area contributed by atoms with Gasteiger partial charge in [0.25, 0.3) is 0 Å². The van der Waals surface area contributed by atoms with Gasteiger partial charge < -0.3 is 9.80 Å². The molecule has 2 fully saturated rings. The van der Waals surface area contributed by atoms with Crippen molar-refractivity contribution in [2.45, 2.75) is 55.9 Å². The molecule has 1 saturated heterocycles. The third kappa shape index (κ3) is 3.42. The van der Waals surface area contributed by atoms with Crippen LogP contribution in [0.3, 0.4) is 0 Å². The van der Waals surface area contributed by atoms with Crippen LogP contribution in [0.5, 0.6) is 0 Å². The fraction of sp³-hybridized carbons (Fsp3) is 0.609. The summed E-state index contributed by atoms with van der Waals surface area (Å²) in [6.07, 6.45) is 8.96. The molecule has 1 aliphatic carbocycles. The number of anilines is 1. The molecule has 2 aliphatic heterocycles. The Bertz CT molecular complexity index is 883. The Kier molecular flexibility index (Phi) is 5.27. The Morgan fingerprint density at radius 1 is 1.13 bits per heavy atom. The molecule has 0 unspecified atom stereocenters. The minimum absolute atomic E-state index is 0.0942. The van der Waals surface area contributed by atoms with E-state index in [0.717, 1.165) is 38.2 Å². The van der Waals surface area contributed by atoms with E-state index in [2.05, 4.69) is 38.5 Å². The number of fused-ring (bicyclic) bond motifs is 2. The normalized spacial score (nSPS) is 26.0. The summed E-state index contributed by atoms with van der Waals surface area (Å²) in [7, 11) is 3.69. The van der Waals surface area contributed by atoms with Crippen LogP contribution in [0, 0.1) is 0 Å². The summed E-state index contributed by atoms with van der Waals surface area (Å²) in [5, 5.41) is 1.22. The van der Waals surface area contributed by atoms with Gasteiger partial charge in [0, 0.05) is 43.7 Å². The number of hydrogen-bond acceptors (Lipinski definition) is 5. The molecule has 7 heteroatoms. The summed E-state index contributed by atoms with van der Waals surface area (Å²) < 4.78 is 4.18. The van der Waals surface area contributed by atoms with Gasteiger partial charge in [-0.2, -0.15) is 4.37 Å². The van der Waals surface area contributed by atoms with E-state index in [1.54, 1.807) is 22.8 Å². The van der Waals surface area contributed by atoms with E-state index in [1.807, 2.05) is 19.0 Å². The van der Waals surface area contributed by atoms with Gasteiger partial charge in [-0.3, -0.25) is 4.90 Å². The van der Waals surface area contributed by atoms with Crippen LogP contribution in [0.4, 0.5) is 10.5 Å².